The number of nitrogens with one attached hydrogen (secondary N) is 1. The van der Waals surface area contributed by atoms with Crippen molar-refractivity contribution >= 4 is 21.6 Å². The summed E-state index contributed by atoms with van der Waals surface area (Å²) in [5.41, 5.74) is 0.704. The van der Waals surface area contributed by atoms with Gasteiger partial charge in [0.2, 0.25) is 0 Å². The first-order valence-electron chi connectivity index (χ1n) is 7.98. The van der Waals surface area contributed by atoms with E-state index in [1.165, 1.54) is 0 Å². The third-order valence-electron chi connectivity index (χ3n) is 4.36. The van der Waals surface area contributed by atoms with Crippen LogP contribution >= 0.6 is 0 Å². The van der Waals surface area contributed by atoms with Gasteiger partial charge in [0.15, 0.2) is 9.84 Å². The maximum Gasteiger partial charge on any atom is 0.322 e. The zero-order valence-electron chi connectivity index (χ0n) is 13.0. The van der Waals surface area contributed by atoms with Crippen molar-refractivity contribution < 1.29 is 17.9 Å². The van der Waals surface area contributed by atoms with E-state index in [9.17, 15) is 13.2 Å². The minimum atomic E-state index is -3.04. The third-order valence-corrected chi connectivity index (χ3v) is 6.11. The molecule has 0 unspecified atom stereocenters. The second-order valence-corrected chi connectivity index (χ2v) is 8.37. The zero-order valence-corrected chi connectivity index (χ0v) is 13.8. The molecule has 23 heavy (non-hydrogen) atoms. The number of sulfone groups is 1. The number of ether oxygens (including phenoxy) is 1. The van der Waals surface area contributed by atoms with Crippen molar-refractivity contribution in [1.82, 2.24) is 4.90 Å². The smallest absolute Gasteiger partial charge is 0.322 e. The van der Waals surface area contributed by atoms with Crippen LogP contribution in [0, 0.1) is 0 Å². The van der Waals surface area contributed by atoms with Crippen LogP contribution in [0.3, 0.4) is 0 Å². The molecule has 0 aromatic heterocycles. The largest absolute Gasteiger partial charge is 0.376 e. The Labute approximate surface area is 136 Å². The standard InChI is InChI=1S/C16H22N2O4S/c19-16(17-13-5-2-1-3-6-13)18(11-15-7-4-9-22-15)14-8-10-23(20,21)12-14/h1-3,5-6,14-15H,4,7-12H2,(H,17,19)/t14-,15+/m1/s1. The molecule has 0 aliphatic carbocycles. The Morgan fingerprint density at radius 1 is 1.26 bits per heavy atom. The van der Waals surface area contributed by atoms with Gasteiger partial charge in [0, 0.05) is 24.9 Å². The number of para-hydroxylation sites is 1. The van der Waals surface area contributed by atoms with Gasteiger partial charge in [0.25, 0.3) is 0 Å². The van der Waals surface area contributed by atoms with E-state index in [2.05, 4.69) is 5.32 Å². The van der Waals surface area contributed by atoms with Crippen LogP contribution in [0.1, 0.15) is 19.3 Å². The van der Waals surface area contributed by atoms with Gasteiger partial charge in [-0.15, -0.1) is 0 Å². The summed E-state index contributed by atoms with van der Waals surface area (Å²) in [6.07, 6.45) is 2.40. The molecule has 126 valence electrons. The van der Waals surface area contributed by atoms with Crippen LogP contribution in [0.2, 0.25) is 0 Å². The van der Waals surface area contributed by atoms with E-state index in [0.29, 0.717) is 25.3 Å². The van der Waals surface area contributed by atoms with Crippen LogP contribution in [0.15, 0.2) is 30.3 Å². The Kier molecular flexibility index (Phi) is 4.87. The average Bonchev–Trinajstić information content (AvgIpc) is 3.15. The maximum absolute atomic E-state index is 12.7. The molecule has 6 nitrogen and oxygen atoms in total. The lowest BCUT2D eigenvalue weighted by atomic mass is 10.2. The number of hydrogen-bond acceptors (Lipinski definition) is 4. The molecule has 2 fully saturated rings. The van der Waals surface area contributed by atoms with E-state index >= 15 is 0 Å². The highest BCUT2D eigenvalue weighted by Gasteiger charge is 2.36. The lowest BCUT2D eigenvalue weighted by molar-refractivity contribution is 0.0751. The number of rotatable bonds is 4. The molecule has 2 aliphatic heterocycles. The van der Waals surface area contributed by atoms with Crippen LogP contribution in [0.25, 0.3) is 0 Å². The molecular formula is C16H22N2O4S. The Morgan fingerprint density at radius 3 is 2.65 bits per heavy atom. The summed E-state index contributed by atoms with van der Waals surface area (Å²) in [7, 11) is -3.04. The van der Waals surface area contributed by atoms with E-state index in [-0.39, 0.29) is 29.7 Å². The normalized spacial score (nSPS) is 26.1. The molecule has 2 amide bonds. The number of hydrogen-bond donors (Lipinski definition) is 1. The Balaban J connectivity index is 1.72. The Hall–Kier alpha value is -1.60. The van der Waals surface area contributed by atoms with Gasteiger partial charge in [-0.1, -0.05) is 18.2 Å². The summed E-state index contributed by atoms with van der Waals surface area (Å²) in [6.45, 7) is 1.15. The molecule has 2 atom stereocenters. The topological polar surface area (TPSA) is 75.7 Å². The van der Waals surface area contributed by atoms with Gasteiger partial charge in [0.05, 0.1) is 17.6 Å². The molecule has 2 aliphatic rings. The molecule has 1 aromatic rings. The first-order valence-corrected chi connectivity index (χ1v) is 9.80. The second-order valence-electron chi connectivity index (χ2n) is 6.14. The first-order chi connectivity index (χ1) is 11.0. The molecule has 1 aromatic carbocycles. The SMILES string of the molecule is O=C(Nc1ccccc1)N(C[C@@H]1CCCO1)[C@@H]1CCS(=O)(=O)C1. The van der Waals surface area contributed by atoms with Gasteiger partial charge in [0.1, 0.15) is 0 Å². The van der Waals surface area contributed by atoms with E-state index in [1.807, 2.05) is 30.3 Å². The minimum absolute atomic E-state index is 0.000160. The van der Waals surface area contributed by atoms with Gasteiger partial charge in [-0.3, -0.25) is 0 Å². The molecule has 1 N–H and O–H groups in total. The Bertz CT molecular complexity index is 641. The Morgan fingerprint density at radius 2 is 2.04 bits per heavy atom. The number of amides is 2. The predicted molar refractivity (Wildman–Crippen MR) is 88.2 cm³/mol. The molecular weight excluding hydrogens is 316 g/mol. The van der Waals surface area contributed by atoms with Crippen molar-refractivity contribution in [3.8, 4) is 0 Å². The fourth-order valence-electron chi connectivity index (χ4n) is 3.14. The van der Waals surface area contributed by atoms with Crippen molar-refractivity contribution in [1.29, 1.82) is 0 Å². The third kappa shape index (κ3) is 4.23. The molecule has 0 bridgehead atoms. The van der Waals surface area contributed by atoms with Crippen LogP contribution < -0.4 is 5.32 Å². The zero-order chi connectivity index (χ0) is 16.3. The molecule has 2 heterocycles. The lowest BCUT2D eigenvalue weighted by Crippen LogP contribution is -2.47. The van der Waals surface area contributed by atoms with Crippen LogP contribution in [0.4, 0.5) is 10.5 Å². The van der Waals surface area contributed by atoms with E-state index in [1.54, 1.807) is 4.90 Å². The number of carbonyl (C=O) groups excluding carboxylic acids is 1. The van der Waals surface area contributed by atoms with E-state index in [0.717, 1.165) is 12.8 Å². The highest BCUT2D eigenvalue weighted by atomic mass is 32.2. The fraction of sp³-hybridized carbons (Fsp3) is 0.562. The van der Waals surface area contributed by atoms with Crippen molar-refractivity contribution in [2.45, 2.75) is 31.4 Å². The number of nitrogens with zero attached hydrogens (tertiary/aromatic N) is 1. The van der Waals surface area contributed by atoms with Crippen molar-refractivity contribution in [2.24, 2.45) is 0 Å². The number of anilines is 1. The van der Waals surface area contributed by atoms with Gasteiger partial charge < -0.3 is 15.0 Å². The maximum atomic E-state index is 12.7. The molecule has 0 saturated carbocycles. The van der Waals surface area contributed by atoms with Crippen molar-refractivity contribution in [2.75, 3.05) is 30.0 Å². The lowest BCUT2D eigenvalue weighted by Gasteiger charge is -2.30. The average molecular weight is 338 g/mol. The summed E-state index contributed by atoms with van der Waals surface area (Å²) in [5, 5.41) is 2.86. The predicted octanol–water partition coefficient (Wildman–Crippen LogP) is 1.89. The molecule has 3 rings (SSSR count). The van der Waals surface area contributed by atoms with E-state index in [4.69, 9.17) is 4.74 Å². The second kappa shape index (κ2) is 6.88. The van der Waals surface area contributed by atoms with Gasteiger partial charge in [-0.05, 0) is 31.4 Å². The number of benzene rings is 1. The molecule has 2 saturated heterocycles. The van der Waals surface area contributed by atoms with Crippen molar-refractivity contribution in [3.63, 3.8) is 0 Å². The molecule has 0 radical (unpaired) electrons. The first kappa shape index (κ1) is 16.3. The fourth-order valence-corrected chi connectivity index (χ4v) is 4.87. The van der Waals surface area contributed by atoms with Crippen LogP contribution in [-0.2, 0) is 14.6 Å². The summed E-state index contributed by atoms with van der Waals surface area (Å²) in [6, 6.07) is 8.67. The quantitative estimate of drug-likeness (QED) is 0.909. The summed E-state index contributed by atoms with van der Waals surface area (Å²) < 4.78 is 29.2. The summed E-state index contributed by atoms with van der Waals surface area (Å²) >= 11 is 0. The summed E-state index contributed by atoms with van der Waals surface area (Å²) in [4.78, 5) is 14.3. The van der Waals surface area contributed by atoms with Crippen LogP contribution in [-0.4, -0.2) is 56.2 Å². The van der Waals surface area contributed by atoms with Crippen LogP contribution in [0.5, 0.6) is 0 Å². The monoisotopic (exact) mass is 338 g/mol. The van der Waals surface area contributed by atoms with Gasteiger partial charge in [-0.25, -0.2) is 13.2 Å². The van der Waals surface area contributed by atoms with Gasteiger partial charge in [-0.2, -0.15) is 0 Å². The highest BCUT2D eigenvalue weighted by Crippen LogP contribution is 2.22. The minimum Gasteiger partial charge on any atom is -0.376 e. The number of carbonyl (C=O) groups is 1. The highest BCUT2D eigenvalue weighted by molar-refractivity contribution is 7.91. The molecule has 0 spiro atoms. The van der Waals surface area contributed by atoms with E-state index < -0.39 is 9.84 Å². The van der Waals surface area contributed by atoms with Gasteiger partial charge >= 0.3 is 6.03 Å². The molecule has 7 heteroatoms. The summed E-state index contributed by atoms with van der Waals surface area (Å²) in [5.74, 6) is 0.195. The van der Waals surface area contributed by atoms with Crippen molar-refractivity contribution in [3.05, 3.63) is 30.3 Å². The number of urea groups is 1.